The van der Waals surface area contributed by atoms with E-state index in [1.54, 1.807) is 0 Å². The van der Waals surface area contributed by atoms with Gasteiger partial charge < -0.3 is 5.32 Å². The normalized spacial score (nSPS) is 15.7. The van der Waals surface area contributed by atoms with E-state index in [2.05, 4.69) is 5.32 Å². The maximum absolute atomic E-state index is 12.8. The van der Waals surface area contributed by atoms with Gasteiger partial charge in [0, 0.05) is 14.1 Å². The van der Waals surface area contributed by atoms with Gasteiger partial charge in [0.1, 0.15) is 0 Å². The van der Waals surface area contributed by atoms with Crippen LogP contribution in [-0.4, -0.2) is 32.7 Å². The Labute approximate surface area is 159 Å². The highest BCUT2D eigenvalue weighted by Crippen LogP contribution is 2.41. The van der Waals surface area contributed by atoms with Gasteiger partial charge in [0.2, 0.25) is 10.0 Å². The van der Waals surface area contributed by atoms with Crippen LogP contribution in [0, 0.1) is 5.92 Å². The fraction of sp³-hybridized carbons (Fsp3) is 0.316. The number of rotatable bonds is 6. The molecule has 1 amide bonds. The van der Waals surface area contributed by atoms with Gasteiger partial charge in [-0.1, -0.05) is 41.9 Å². The average Bonchev–Trinajstić information content (AvgIpc) is 3.45. The molecule has 0 bridgehead atoms. The first-order valence-electron chi connectivity index (χ1n) is 8.38. The Morgan fingerprint density at radius 2 is 1.81 bits per heavy atom. The van der Waals surface area contributed by atoms with Crippen LogP contribution in [0.15, 0.2) is 53.4 Å². The van der Waals surface area contributed by atoms with Crippen molar-refractivity contribution in [3.63, 3.8) is 0 Å². The third-order valence-corrected chi connectivity index (χ3v) is 6.64. The molecule has 5 nitrogen and oxygen atoms in total. The second-order valence-electron chi connectivity index (χ2n) is 6.63. The molecule has 7 heteroatoms. The van der Waals surface area contributed by atoms with Gasteiger partial charge in [0.15, 0.2) is 0 Å². The minimum absolute atomic E-state index is 0.0414. The largest absolute Gasteiger partial charge is 0.345 e. The number of sulfonamides is 1. The van der Waals surface area contributed by atoms with Crippen molar-refractivity contribution < 1.29 is 13.2 Å². The number of nitrogens with zero attached hydrogens (tertiary/aromatic N) is 1. The standard InChI is InChI=1S/C19H21ClN2O3S/c1-22(2)26(24,25)15-10-11-17(20)16(12-15)19(23)21-18(14-8-9-14)13-6-4-3-5-7-13/h3-7,10-12,14,18H,8-9H2,1-2H3,(H,21,23). The van der Waals surface area contributed by atoms with Crippen LogP contribution in [0.2, 0.25) is 5.02 Å². The first-order chi connectivity index (χ1) is 12.3. The molecule has 0 heterocycles. The van der Waals surface area contributed by atoms with E-state index in [1.165, 1.54) is 32.3 Å². The Bertz CT molecular complexity index is 910. The van der Waals surface area contributed by atoms with E-state index in [0.29, 0.717) is 5.92 Å². The van der Waals surface area contributed by atoms with E-state index in [1.807, 2.05) is 30.3 Å². The van der Waals surface area contributed by atoms with E-state index in [4.69, 9.17) is 11.6 Å². The topological polar surface area (TPSA) is 66.5 Å². The molecule has 0 aromatic heterocycles. The Kier molecular flexibility index (Phi) is 5.37. The van der Waals surface area contributed by atoms with Crippen LogP contribution in [0.4, 0.5) is 0 Å². The Hall–Kier alpha value is -1.89. The molecule has 138 valence electrons. The summed E-state index contributed by atoms with van der Waals surface area (Å²) in [4.78, 5) is 12.9. The monoisotopic (exact) mass is 392 g/mol. The fourth-order valence-electron chi connectivity index (χ4n) is 2.83. The third-order valence-electron chi connectivity index (χ3n) is 4.50. The van der Waals surface area contributed by atoms with E-state index in [9.17, 15) is 13.2 Å². The molecule has 2 aromatic rings. The first kappa shape index (κ1) is 18.9. The molecule has 2 aromatic carbocycles. The number of carbonyl (C=O) groups is 1. The van der Waals surface area contributed by atoms with Crippen molar-refractivity contribution in [3.05, 3.63) is 64.7 Å². The summed E-state index contributed by atoms with van der Waals surface area (Å²) >= 11 is 6.18. The highest BCUT2D eigenvalue weighted by atomic mass is 35.5. The maximum atomic E-state index is 12.8. The summed E-state index contributed by atoms with van der Waals surface area (Å²) in [6, 6.07) is 13.9. The van der Waals surface area contributed by atoms with E-state index < -0.39 is 10.0 Å². The molecule has 1 aliphatic carbocycles. The first-order valence-corrected chi connectivity index (χ1v) is 10.2. The summed E-state index contributed by atoms with van der Waals surface area (Å²) in [6.07, 6.45) is 2.12. The van der Waals surface area contributed by atoms with Gasteiger partial charge in [-0.15, -0.1) is 0 Å². The minimum Gasteiger partial charge on any atom is -0.345 e. The quantitative estimate of drug-likeness (QED) is 0.818. The fourth-order valence-corrected chi connectivity index (χ4v) is 3.96. The van der Waals surface area contributed by atoms with Crippen molar-refractivity contribution >= 4 is 27.5 Å². The molecule has 1 aliphatic rings. The lowest BCUT2D eigenvalue weighted by atomic mass is 10.0. The van der Waals surface area contributed by atoms with E-state index in [0.717, 1.165) is 22.7 Å². The van der Waals surface area contributed by atoms with Crippen molar-refractivity contribution in [3.8, 4) is 0 Å². The molecule has 0 saturated heterocycles. The molecular formula is C19H21ClN2O3S. The summed E-state index contributed by atoms with van der Waals surface area (Å²) in [6.45, 7) is 0. The van der Waals surface area contributed by atoms with Crippen molar-refractivity contribution in [1.82, 2.24) is 9.62 Å². The molecule has 1 saturated carbocycles. The number of halogens is 1. The van der Waals surface area contributed by atoms with Crippen molar-refractivity contribution in [2.75, 3.05) is 14.1 Å². The lowest BCUT2D eigenvalue weighted by Gasteiger charge is -2.20. The predicted molar refractivity (Wildman–Crippen MR) is 102 cm³/mol. The zero-order valence-corrected chi connectivity index (χ0v) is 16.2. The van der Waals surface area contributed by atoms with Crippen molar-refractivity contribution in [2.24, 2.45) is 5.92 Å². The van der Waals surface area contributed by atoms with Crippen LogP contribution in [0.3, 0.4) is 0 Å². The number of benzene rings is 2. The number of amides is 1. The van der Waals surface area contributed by atoms with Gasteiger partial charge >= 0.3 is 0 Å². The summed E-state index contributed by atoms with van der Waals surface area (Å²) in [5.74, 6) is 0.0281. The summed E-state index contributed by atoms with van der Waals surface area (Å²) < 4.78 is 25.8. The lowest BCUT2D eigenvalue weighted by Crippen LogP contribution is -2.30. The third kappa shape index (κ3) is 3.92. The van der Waals surface area contributed by atoms with Crippen LogP contribution < -0.4 is 5.32 Å². The zero-order chi connectivity index (χ0) is 18.9. The second kappa shape index (κ2) is 7.39. The van der Waals surface area contributed by atoms with Crippen molar-refractivity contribution in [2.45, 2.75) is 23.8 Å². The van der Waals surface area contributed by atoms with Crippen LogP contribution in [0.5, 0.6) is 0 Å². The average molecular weight is 393 g/mol. The number of hydrogen-bond donors (Lipinski definition) is 1. The number of carbonyl (C=O) groups excluding carboxylic acids is 1. The van der Waals surface area contributed by atoms with Crippen LogP contribution in [0.1, 0.15) is 34.8 Å². The van der Waals surface area contributed by atoms with Gasteiger partial charge in [-0.05, 0) is 42.5 Å². The van der Waals surface area contributed by atoms with Crippen LogP contribution in [0.25, 0.3) is 0 Å². The van der Waals surface area contributed by atoms with Gasteiger partial charge in [-0.3, -0.25) is 4.79 Å². The molecular weight excluding hydrogens is 372 g/mol. The van der Waals surface area contributed by atoms with E-state index >= 15 is 0 Å². The van der Waals surface area contributed by atoms with Crippen LogP contribution >= 0.6 is 11.6 Å². The maximum Gasteiger partial charge on any atom is 0.253 e. The van der Waals surface area contributed by atoms with Gasteiger partial charge in [0.05, 0.1) is 21.5 Å². The highest BCUT2D eigenvalue weighted by molar-refractivity contribution is 7.89. The predicted octanol–water partition coefficient (Wildman–Crippen LogP) is 3.47. The molecule has 1 N–H and O–H groups in total. The molecule has 0 radical (unpaired) electrons. The summed E-state index contributed by atoms with van der Waals surface area (Å²) in [5, 5.41) is 3.25. The minimum atomic E-state index is -3.64. The second-order valence-corrected chi connectivity index (χ2v) is 9.19. The Morgan fingerprint density at radius 3 is 2.38 bits per heavy atom. The smallest absolute Gasteiger partial charge is 0.253 e. The van der Waals surface area contributed by atoms with Gasteiger partial charge in [0.25, 0.3) is 5.91 Å². The molecule has 3 rings (SSSR count). The zero-order valence-electron chi connectivity index (χ0n) is 14.6. The number of hydrogen-bond acceptors (Lipinski definition) is 3. The molecule has 1 unspecified atom stereocenters. The van der Waals surface area contributed by atoms with E-state index in [-0.39, 0.29) is 27.4 Å². The number of nitrogens with one attached hydrogen (secondary N) is 1. The highest BCUT2D eigenvalue weighted by Gasteiger charge is 2.34. The Morgan fingerprint density at radius 1 is 1.15 bits per heavy atom. The van der Waals surface area contributed by atoms with Crippen LogP contribution in [-0.2, 0) is 10.0 Å². The molecule has 26 heavy (non-hydrogen) atoms. The molecule has 1 fully saturated rings. The molecule has 0 spiro atoms. The Balaban J connectivity index is 1.90. The van der Waals surface area contributed by atoms with Gasteiger partial charge in [-0.25, -0.2) is 12.7 Å². The molecule has 1 atom stereocenters. The molecule has 0 aliphatic heterocycles. The summed E-state index contributed by atoms with van der Waals surface area (Å²) in [7, 11) is -0.746. The van der Waals surface area contributed by atoms with Gasteiger partial charge in [-0.2, -0.15) is 0 Å². The summed E-state index contributed by atoms with van der Waals surface area (Å²) in [5.41, 5.74) is 1.20. The lowest BCUT2D eigenvalue weighted by molar-refractivity contribution is 0.0931. The van der Waals surface area contributed by atoms with Crippen molar-refractivity contribution in [1.29, 1.82) is 0 Å². The SMILES string of the molecule is CN(C)S(=O)(=O)c1ccc(Cl)c(C(=O)NC(c2ccccc2)C2CC2)c1.